The Hall–Kier alpha value is -0.0400. The van der Waals surface area contributed by atoms with Gasteiger partial charge in [0.05, 0.1) is 0 Å². The topological polar surface area (TPSA) is 12.0 Å². The Morgan fingerprint density at radius 2 is 1.50 bits per heavy atom. The van der Waals surface area contributed by atoms with Crippen LogP contribution in [0.2, 0.25) is 0 Å². The summed E-state index contributed by atoms with van der Waals surface area (Å²) in [6, 6.07) is 0. The molecule has 0 aromatic carbocycles. The molecule has 0 radical (unpaired) electrons. The highest BCUT2D eigenvalue weighted by molar-refractivity contribution is 4.72. The van der Waals surface area contributed by atoms with Crippen molar-refractivity contribution in [3.63, 3.8) is 0 Å². The molecule has 1 nitrogen and oxygen atoms in total. The third-order valence-corrected chi connectivity index (χ3v) is 4.11. The lowest BCUT2D eigenvalue weighted by Gasteiger charge is -2.26. The fraction of sp³-hybridized carbons (Fsp3) is 1.00. The Morgan fingerprint density at radius 3 is 2.21 bits per heavy atom. The molecule has 2 rings (SSSR count). The van der Waals surface area contributed by atoms with Crippen molar-refractivity contribution in [3.05, 3.63) is 0 Å². The SMILES string of the molecule is C1CCC(CC[C@@H]2CCCNC2)CC1. The molecule has 1 aliphatic carbocycles. The van der Waals surface area contributed by atoms with E-state index in [0.717, 1.165) is 11.8 Å². The summed E-state index contributed by atoms with van der Waals surface area (Å²) in [4.78, 5) is 0. The highest BCUT2D eigenvalue weighted by Gasteiger charge is 2.17. The minimum atomic E-state index is 1.01. The number of hydrogen-bond acceptors (Lipinski definition) is 1. The summed E-state index contributed by atoms with van der Waals surface area (Å²) in [5.74, 6) is 2.09. The number of hydrogen-bond donors (Lipinski definition) is 1. The maximum absolute atomic E-state index is 3.52. The fourth-order valence-corrected chi connectivity index (χ4v) is 3.12. The highest BCUT2D eigenvalue weighted by atomic mass is 14.9. The van der Waals surface area contributed by atoms with E-state index < -0.39 is 0 Å². The van der Waals surface area contributed by atoms with Gasteiger partial charge in [0.15, 0.2) is 0 Å². The Morgan fingerprint density at radius 1 is 0.786 bits per heavy atom. The van der Waals surface area contributed by atoms with Crippen LogP contribution in [0.25, 0.3) is 0 Å². The molecule has 1 N–H and O–H groups in total. The number of nitrogens with one attached hydrogen (secondary N) is 1. The summed E-state index contributed by atoms with van der Waals surface area (Å²) >= 11 is 0. The zero-order chi connectivity index (χ0) is 9.64. The molecule has 1 saturated heterocycles. The second-order valence-corrected chi connectivity index (χ2v) is 5.29. The maximum Gasteiger partial charge on any atom is -0.00205 e. The molecule has 0 amide bonds. The van der Waals surface area contributed by atoms with Crippen LogP contribution in [0.1, 0.15) is 57.8 Å². The van der Waals surface area contributed by atoms with E-state index in [2.05, 4.69) is 5.32 Å². The van der Waals surface area contributed by atoms with E-state index >= 15 is 0 Å². The quantitative estimate of drug-likeness (QED) is 0.728. The molecule has 82 valence electrons. The van der Waals surface area contributed by atoms with Crippen LogP contribution in [0.4, 0.5) is 0 Å². The number of piperidine rings is 1. The zero-order valence-corrected chi connectivity index (χ0v) is 9.43. The molecular weight excluding hydrogens is 170 g/mol. The molecule has 0 aromatic rings. The van der Waals surface area contributed by atoms with Crippen molar-refractivity contribution >= 4 is 0 Å². The highest BCUT2D eigenvalue weighted by Crippen LogP contribution is 2.29. The summed E-state index contributed by atoms with van der Waals surface area (Å²) < 4.78 is 0. The third kappa shape index (κ3) is 3.27. The largest absolute Gasteiger partial charge is 0.316 e. The number of rotatable bonds is 3. The molecule has 1 atom stereocenters. The Bertz CT molecular complexity index is 125. The van der Waals surface area contributed by atoms with Gasteiger partial charge in [-0.05, 0) is 44.2 Å². The Kier molecular flexibility index (Phi) is 4.30. The molecular formula is C13H25N. The van der Waals surface area contributed by atoms with Crippen molar-refractivity contribution in [1.82, 2.24) is 5.32 Å². The van der Waals surface area contributed by atoms with Gasteiger partial charge in [0.2, 0.25) is 0 Å². The lowest BCUT2D eigenvalue weighted by atomic mass is 9.83. The molecule has 1 heterocycles. The second-order valence-electron chi connectivity index (χ2n) is 5.29. The van der Waals surface area contributed by atoms with Crippen molar-refractivity contribution in [1.29, 1.82) is 0 Å². The van der Waals surface area contributed by atoms with Gasteiger partial charge in [-0.1, -0.05) is 38.5 Å². The minimum absolute atomic E-state index is 1.01. The summed E-state index contributed by atoms with van der Waals surface area (Å²) in [5, 5.41) is 3.52. The van der Waals surface area contributed by atoms with Gasteiger partial charge in [-0.25, -0.2) is 0 Å². The predicted molar refractivity (Wildman–Crippen MR) is 61.4 cm³/mol. The minimum Gasteiger partial charge on any atom is -0.316 e. The van der Waals surface area contributed by atoms with E-state index in [1.807, 2.05) is 0 Å². The zero-order valence-electron chi connectivity index (χ0n) is 9.43. The molecule has 1 saturated carbocycles. The van der Waals surface area contributed by atoms with E-state index in [0.29, 0.717) is 0 Å². The molecule has 1 heteroatoms. The average molecular weight is 195 g/mol. The van der Waals surface area contributed by atoms with Gasteiger partial charge < -0.3 is 5.32 Å². The summed E-state index contributed by atoms with van der Waals surface area (Å²) in [6.45, 7) is 2.56. The lowest BCUT2D eigenvalue weighted by Crippen LogP contribution is -2.30. The first kappa shape index (κ1) is 10.5. The van der Waals surface area contributed by atoms with Crippen LogP contribution in [-0.2, 0) is 0 Å². The van der Waals surface area contributed by atoms with Crippen molar-refractivity contribution < 1.29 is 0 Å². The molecule has 0 bridgehead atoms. The molecule has 2 aliphatic rings. The van der Waals surface area contributed by atoms with Crippen LogP contribution in [0.15, 0.2) is 0 Å². The standard InChI is InChI=1S/C13H25N/c1-2-5-12(6-3-1)8-9-13-7-4-10-14-11-13/h12-14H,1-11H2/t13-/m0/s1. The third-order valence-electron chi connectivity index (χ3n) is 4.11. The van der Waals surface area contributed by atoms with Crippen molar-refractivity contribution in [2.24, 2.45) is 11.8 Å². The maximum atomic E-state index is 3.52. The van der Waals surface area contributed by atoms with Gasteiger partial charge in [-0.15, -0.1) is 0 Å². The van der Waals surface area contributed by atoms with E-state index in [9.17, 15) is 0 Å². The van der Waals surface area contributed by atoms with Gasteiger partial charge in [-0.2, -0.15) is 0 Å². The van der Waals surface area contributed by atoms with Crippen LogP contribution < -0.4 is 5.32 Å². The average Bonchev–Trinajstić information content (AvgIpc) is 2.29. The van der Waals surface area contributed by atoms with Crippen molar-refractivity contribution in [2.75, 3.05) is 13.1 Å². The van der Waals surface area contributed by atoms with E-state index in [-0.39, 0.29) is 0 Å². The molecule has 1 aliphatic heterocycles. The summed E-state index contributed by atoms with van der Waals surface area (Å²) in [7, 11) is 0. The lowest BCUT2D eigenvalue weighted by molar-refractivity contribution is 0.282. The van der Waals surface area contributed by atoms with Crippen LogP contribution in [0, 0.1) is 11.8 Å². The first-order valence-electron chi connectivity index (χ1n) is 6.66. The van der Waals surface area contributed by atoms with Gasteiger partial charge in [0.25, 0.3) is 0 Å². The molecule has 0 spiro atoms. The Balaban J connectivity index is 1.60. The van der Waals surface area contributed by atoms with Crippen LogP contribution in [0.5, 0.6) is 0 Å². The van der Waals surface area contributed by atoms with Gasteiger partial charge in [0, 0.05) is 0 Å². The predicted octanol–water partition coefficient (Wildman–Crippen LogP) is 3.35. The van der Waals surface area contributed by atoms with Crippen LogP contribution in [0.3, 0.4) is 0 Å². The first-order chi connectivity index (χ1) is 6.95. The van der Waals surface area contributed by atoms with Crippen molar-refractivity contribution in [2.45, 2.75) is 57.8 Å². The summed E-state index contributed by atoms with van der Waals surface area (Å²) in [5.41, 5.74) is 0. The molecule has 0 aromatic heterocycles. The molecule has 14 heavy (non-hydrogen) atoms. The van der Waals surface area contributed by atoms with Crippen molar-refractivity contribution in [3.8, 4) is 0 Å². The monoisotopic (exact) mass is 195 g/mol. The molecule has 0 unspecified atom stereocenters. The molecule has 2 fully saturated rings. The van der Waals surface area contributed by atoms with E-state index in [1.165, 1.54) is 70.9 Å². The normalized spacial score (nSPS) is 30.4. The van der Waals surface area contributed by atoms with E-state index in [4.69, 9.17) is 0 Å². The summed E-state index contributed by atoms with van der Waals surface area (Å²) in [6.07, 6.45) is 13.5. The second kappa shape index (κ2) is 5.75. The van der Waals surface area contributed by atoms with Gasteiger partial charge in [0.1, 0.15) is 0 Å². The van der Waals surface area contributed by atoms with Gasteiger partial charge >= 0.3 is 0 Å². The first-order valence-corrected chi connectivity index (χ1v) is 6.66. The Labute approximate surface area is 88.7 Å². The van der Waals surface area contributed by atoms with Gasteiger partial charge in [-0.3, -0.25) is 0 Å². The smallest absolute Gasteiger partial charge is 0.00205 e. The van der Waals surface area contributed by atoms with E-state index in [1.54, 1.807) is 0 Å². The van der Waals surface area contributed by atoms with Crippen LogP contribution in [-0.4, -0.2) is 13.1 Å². The van der Waals surface area contributed by atoms with Crippen LogP contribution >= 0.6 is 0 Å². The fourth-order valence-electron chi connectivity index (χ4n) is 3.12.